The van der Waals surface area contributed by atoms with Crippen LogP contribution in [0.1, 0.15) is 17.2 Å². The first-order chi connectivity index (χ1) is 14.9. The maximum atomic E-state index is 13.5. The minimum Gasteiger partial charge on any atom is -0.458 e. The number of hydrazine groups is 1. The molecule has 3 aliphatic heterocycles. The highest BCUT2D eigenvalue weighted by Gasteiger charge is 2.65. The van der Waals surface area contributed by atoms with E-state index in [1.807, 2.05) is 0 Å². The van der Waals surface area contributed by atoms with Crippen molar-refractivity contribution in [2.75, 3.05) is 5.32 Å². The van der Waals surface area contributed by atoms with E-state index in [-0.39, 0.29) is 17.1 Å². The van der Waals surface area contributed by atoms with Crippen molar-refractivity contribution in [1.29, 1.82) is 5.26 Å². The summed E-state index contributed by atoms with van der Waals surface area (Å²) in [6.45, 7) is 0. The molecule has 5 rings (SSSR count). The first kappa shape index (κ1) is 19.3. The lowest BCUT2D eigenvalue weighted by Crippen LogP contribution is -2.54. The van der Waals surface area contributed by atoms with Gasteiger partial charge >= 0.3 is 0 Å². The summed E-state index contributed by atoms with van der Waals surface area (Å²) in [5.41, 5.74) is 12.4. The molecule has 156 valence electrons. The number of nitrogens with one attached hydrogen (secondary N) is 3. The Kier molecular flexibility index (Phi) is 4.16. The summed E-state index contributed by atoms with van der Waals surface area (Å²) in [6.07, 6.45) is -0.743. The highest BCUT2D eigenvalue weighted by atomic mass is 35.5. The van der Waals surface area contributed by atoms with Gasteiger partial charge in [0.25, 0.3) is 5.69 Å². The van der Waals surface area contributed by atoms with Crippen molar-refractivity contribution in [3.63, 3.8) is 0 Å². The number of amides is 1. The number of fused-ring (bicyclic) bond motifs is 4. The molecule has 1 saturated heterocycles. The molecule has 11 heteroatoms. The molecule has 0 radical (unpaired) electrons. The van der Waals surface area contributed by atoms with Crippen LogP contribution in [0.3, 0.4) is 0 Å². The van der Waals surface area contributed by atoms with Gasteiger partial charge in [0.05, 0.1) is 16.9 Å². The average Bonchev–Trinajstić information content (AvgIpc) is 3.28. The summed E-state index contributed by atoms with van der Waals surface area (Å²) in [6, 6.07) is 12.5. The van der Waals surface area contributed by atoms with Crippen molar-refractivity contribution < 1.29 is 14.5 Å². The van der Waals surface area contributed by atoms with E-state index in [4.69, 9.17) is 22.1 Å². The van der Waals surface area contributed by atoms with Crippen molar-refractivity contribution >= 4 is 28.9 Å². The Morgan fingerprint density at radius 1 is 1.23 bits per heavy atom. The Hall–Kier alpha value is -3.65. The standard InChI is InChI=1S/C20H15ClN6O4/c21-10-3-6-14-12(7-10)20(19(28)24-14)13(8-22)17(23)31-18-15(20)16(25-26-18)9-1-4-11(5-2-9)27(29)30/h1-7,15-16,18,25-26H,23H2,(H,24,28). The summed E-state index contributed by atoms with van der Waals surface area (Å²) >= 11 is 6.25. The van der Waals surface area contributed by atoms with Crippen LogP contribution in [0.4, 0.5) is 11.4 Å². The zero-order chi connectivity index (χ0) is 21.9. The molecule has 3 aliphatic rings. The molecule has 0 aromatic heterocycles. The Balaban J connectivity index is 1.73. The van der Waals surface area contributed by atoms with Crippen molar-refractivity contribution in [3.05, 3.63) is 80.2 Å². The predicted octanol–water partition coefficient (Wildman–Crippen LogP) is 1.95. The minimum atomic E-state index is -1.47. The molecular weight excluding hydrogens is 424 g/mol. The number of nitrogens with two attached hydrogens (primary N) is 1. The van der Waals surface area contributed by atoms with Gasteiger partial charge < -0.3 is 15.8 Å². The smallest absolute Gasteiger partial charge is 0.269 e. The quantitative estimate of drug-likeness (QED) is 0.409. The van der Waals surface area contributed by atoms with Crippen LogP contribution < -0.4 is 21.9 Å². The van der Waals surface area contributed by atoms with Gasteiger partial charge in [0, 0.05) is 22.8 Å². The van der Waals surface area contributed by atoms with Gasteiger partial charge in [0.15, 0.2) is 6.23 Å². The van der Waals surface area contributed by atoms with E-state index in [2.05, 4.69) is 22.2 Å². The molecule has 2 aromatic rings. The van der Waals surface area contributed by atoms with Gasteiger partial charge in [0.2, 0.25) is 11.8 Å². The molecule has 4 atom stereocenters. The highest BCUT2D eigenvalue weighted by molar-refractivity contribution is 6.31. The van der Waals surface area contributed by atoms with E-state index in [1.165, 1.54) is 12.1 Å². The second-order valence-electron chi connectivity index (χ2n) is 7.48. The van der Waals surface area contributed by atoms with E-state index in [9.17, 15) is 20.2 Å². The number of nitro benzene ring substituents is 1. The van der Waals surface area contributed by atoms with Crippen LogP contribution in [-0.4, -0.2) is 17.1 Å². The Bertz CT molecular complexity index is 1210. The van der Waals surface area contributed by atoms with Crippen LogP contribution in [0.25, 0.3) is 0 Å². The second kappa shape index (κ2) is 6.68. The molecule has 0 aliphatic carbocycles. The van der Waals surface area contributed by atoms with Crippen molar-refractivity contribution in [1.82, 2.24) is 10.9 Å². The van der Waals surface area contributed by atoms with Crippen molar-refractivity contribution in [3.8, 4) is 6.07 Å². The largest absolute Gasteiger partial charge is 0.458 e. The molecule has 3 heterocycles. The van der Waals surface area contributed by atoms with Crippen LogP contribution in [0.15, 0.2) is 53.9 Å². The van der Waals surface area contributed by atoms with E-state index in [0.29, 0.717) is 21.8 Å². The lowest BCUT2D eigenvalue weighted by atomic mass is 9.62. The number of ether oxygens (including phenoxy) is 1. The number of hydrogen-bond acceptors (Lipinski definition) is 8. The van der Waals surface area contributed by atoms with E-state index < -0.39 is 34.4 Å². The van der Waals surface area contributed by atoms with E-state index in [1.54, 1.807) is 30.3 Å². The van der Waals surface area contributed by atoms with E-state index in [0.717, 1.165) is 0 Å². The predicted molar refractivity (Wildman–Crippen MR) is 109 cm³/mol. The first-order valence-electron chi connectivity index (χ1n) is 9.31. The van der Waals surface area contributed by atoms with Crippen molar-refractivity contribution in [2.45, 2.75) is 17.7 Å². The van der Waals surface area contributed by atoms with Crippen molar-refractivity contribution in [2.24, 2.45) is 11.7 Å². The van der Waals surface area contributed by atoms with Gasteiger partial charge in [-0.05, 0) is 29.3 Å². The number of nitriles is 1. The number of halogens is 1. The number of rotatable bonds is 2. The summed E-state index contributed by atoms with van der Waals surface area (Å²) in [7, 11) is 0. The van der Waals surface area contributed by atoms with Gasteiger partial charge in [-0.3, -0.25) is 14.9 Å². The summed E-state index contributed by atoms with van der Waals surface area (Å²) in [5.74, 6) is -1.21. The molecule has 0 bridgehead atoms. The van der Waals surface area contributed by atoms with E-state index >= 15 is 0 Å². The van der Waals surface area contributed by atoms with Gasteiger partial charge in [-0.1, -0.05) is 23.7 Å². The SMILES string of the molecule is N#CC1=C(N)OC2NNC(c3ccc([N+](=O)[O-])cc3)C2C12C(=O)Nc1ccc(Cl)cc12. The third-order valence-electron chi connectivity index (χ3n) is 6.05. The Morgan fingerprint density at radius 3 is 2.65 bits per heavy atom. The highest BCUT2D eigenvalue weighted by Crippen LogP contribution is 2.56. The van der Waals surface area contributed by atoms with Crippen LogP contribution in [0.5, 0.6) is 0 Å². The molecule has 31 heavy (non-hydrogen) atoms. The molecule has 2 aromatic carbocycles. The van der Waals surface area contributed by atoms with Crippen LogP contribution in [-0.2, 0) is 14.9 Å². The molecule has 1 fully saturated rings. The number of non-ortho nitro benzene ring substituents is 1. The zero-order valence-corrected chi connectivity index (χ0v) is 16.5. The number of hydrogen-bond donors (Lipinski definition) is 4. The normalized spacial score (nSPS) is 28.5. The lowest BCUT2D eigenvalue weighted by Gasteiger charge is -2.42. The maximum Gasteiger partial charge on any atom is 0.269 e. The Morgan fingerprint density at radius 2 is 1.97 bits per heavy atom. The molecular formula is C20H15ClN6O4. The van der Waals surface area contributed by atoms with Gasteiger partial charge in [0.1, 0.15) is 17.1 Å². The second-order valence-corrected chi connectivity index (χ2v) is 7.92. The zero-order valence-electron chi connectivity index (χ0n) is 15.8. The molecule has 1 amide bonds. The summed E-state index contributed by atoms with van der Waals surface area (Å²) < 4.78 is 5.75. The fourth-order valence-corrected chi connectivity index (χ4v) is 4.95. The fourth-order valence-electron chi connectivity index (χ4n) is 4.77. The third-order valence-corrected chi connectivity index (χ3v) is 6.28. The maximum absolute atomic E-state index is 13.5. The molecule has 5 N–H and O–H groups in total. The Labute approximate surface area is 180 Å². The van der Waals surface area contributed by atoms with Gasteiger partial charge in [-0.25, -0.2) is 10.9 Å². The average molecular weight is 439 g/mol. The number of carbonyl (C=O) groups excluding carboxylic acids is 1. The monoisotopic (exact) mass is 438 g/mol. The molecule has 0 saturated carbocycles. The van der Waals surface area contributed by atoms with Gasteiger partial charge in [-0.2, -0.15) is 5.26 Å². The number of benzene rings is 2. The summed E-state index contributed by atoms with van der Waals surface area (Å²) in [5, 5.41) is 24.3. The lowest BCUT2D eigenvalue weighted by molar-refractivity contribution is -0.384. The van der Waals surface area contributed by atoms with Crippen LogP contribution in [0, 0.1) is 27.4 Å². The first-order valence-corrected chi connectivity index (χ1v) is 9.69. The summed E-state index contributed by atoms with van der Waals surface area (Å²) in [4.78, 5) is 24.0. The minimum absolute atomic E-state index is 0.00956. The topological polar surface area (TPSA) is 155 Å². The number of nitrogens with zero attached hydrogens (tertiary/aromatic N) is 2. The van der Waals surface area contributed by atoms with Crippen LogP contribution in [0.2, 0.25) is 5.02 Å². The third kappa shape index (κ3) is 2.55. The number of anilines is 1. The fraction of sp³-hybridized carbons (Fsp3) is 0.200. The molecule has 10 nitrogen and oxygen atoms in total. The number of nitro groups is 1. The van der Waals surface area contributed by atoms with Gasteiger partial charge in [-0.15, -0.1) is 0 Å². The van der Waals surface area contributed by atoms with Crippen LogP contribution >= 0.6 is 11.6 Å². The molecule has 4 unspecified atom stereocenters. The molecule has 1 spiro atoms. The number of carbonyl (C=O) groups is 1.